The standard InChI is InChI=1S/C17H15ClN2O2/c1-2-3-13-15(10-4-6-11(7-5-10)17(19)21)16-14(22-13)8-12(18)9-20-16/h4-9H,2-3H2,1H3,(H2,19,21). The highest BCUT2D eigenvalue weighted by atomic mass is 35.5. The number of aryl methyl sites for hydroxylation is 1. The van der Waals surface area contributed by atoms with Crippen LogP contribution in [0.4, 0.5) is 0 Å². The zero-order chi connectivity index (χ0) is 15.7. The van der Waals surface area contributed by atoms with E-state index in [9.17, 15) is 4.79 Å². The van der Waals surface area contributed by atoms with Gasteiger partial charge in [-0.2, -0.15) is 0 Å². The van der Waals surface area contributed by atoms with E-state index in [1.54, 1.807) is 24.4 Å². The Bertz CT molecular complexity index is 838. The fourth-order valence-electron chi connectivity index (χ4n) is 2.50. The van der Waals surface area contributed by atoms with E-state index in [-0.39, 0.29) is 0 Å². The molecule has 2 N–H and O–H groups in total. The fraction of sp³-hybridized carbons (Fsp3) is 0.176. The van der Waals surface area contributed by atoms with Crippen molar-refractivity contribution in [2.24, 2.45) is 5.73 Å². The Hall–Kier alpha value is -2.33. The number of nitrogens with two attached hydrogens (primary N) is 1. The number of aromatic nitrogens is 1. The monoisotopic (exact) mass is 314 g/mol. The lowest BCUT2D eigenvalue weighted by Crippen LogP contribution is -2.10. The molecule has 0 aliphatic carbocycles. The maximum absolute atomic E-state index is 11.2. The molecule has 0 spiro atoms. The van der Waals surface area contributed by atoms with Gasteiger partial charge in [-0.15, -0.1) is 0 Å². The minimum atomic E-state index is -0.442. The van der Waals surface area contributed by atoms with Crippen LogP contribution in [0.5, 0.6) is 0 Å². The summed E-state index contributed by atoms with van der Waals surface area (Å²) in [5.41, 5.74) is 9.10. The largest absolute Gasteiger partial charge is 0.459 e. The van der Waals surface area contributed by atoms with Crippen LogP contribution in [-0.2, 0) is 6.42 Å². The van der Waals surface area contributed by atoms with Crippen LogP contribution in [-0.4, -0.2) is 10.9 Å². The van der Waals surface area contributed by atoms with Crippen LogP contribution < -0.4 is 5.73 Å². The van der Waals surface area contributed by atoms with Crippen molar-refractivity contribution in [1.82, 2.24) is 4.98 Å². The van der Waals surface area contributed by atoms with Crippen LogP contribution >= 0.6 is 11.6 Å². The number of hydrogen-bond acceptors (Lipinski definition) is 3. The predicted octanol–water partition coefficient (Wildman–Crippen LogP) is 4.20. The van der Waals surface area contributed by atoms with Gasteiger partial charge in [0.25, 0.3) is 0 Å². The van der Waals surface area contributed by atoms with E-state index in [2.05, 4.69) is 11.9 Å². The smallest absolute Gasteiger partial charge is 0.248 e. The molecule has 0 aliphatic rings. The third-order valence-electron chi connectivity index (χ3n) is 3.50. The van der Waals surface area contributed by atoms with Crippen LogP contribution in [0.25, 0.3) is 22.2 Å². The van der Waals surface area contributed by atoms with E-state index in [4.69, 9.17) is 21.8 Å². The van der Waals surface area contributed by atoms with Crippen LogP contribution in [0.1, 0.15) is 29.5 Å². The summed E-state index contributed by atoms with van der Waals surface area (Å²) in [6, 6.07) is 8.91. The Morgan fingerprint density at radius 2 is 2.05 bits per heavy atom. The number of pyridine rings is 1. The molecule has 5 heteroatoms. The number of fused-ring (bicyclic) bond motifs is 1. The summed E-state index contributed by atoms with van der Waals surface area (Å²) < 4.78 is 5.91. The van der Waals surface area contributed by atoms with Crippen molar-refractivity contribution in [3.05, 3.63) is 52.9 Å². The lowest BCUT2D eigenvalue weighted by atomic mass is 10.0. The number of amides is 1. The zero-order valence-electron chi connectivity index (χ0n) is 12.1. The number of halogens is 1. The van der Waals surface area contributed by atoms with Gasteiger partial charge in [0.1, 0.15) is 11.3 Å². The Balaban J connectivity index is 2.19. The zero-order valence-corrected chi connectivity index (χ0v) is 12.9. The number of benzene rings is 1. The molecule has 4 nitrogen and oxygen atoms in total. The summed E-state index contributed by atoms with van der Waals surface area (Å²) >= 11 is 5.99. The average Bonchev–Trinajstić information content (AvgIpc) is 2.84. The minimum Gasteiger partial charge on any atom is -0.459 e. The van der Waals surface area contributed by atoms with Crippen LogP contribution in [0.2, 0.25) is 5.02 Å². The molecule has 0 aliphatic heterocycles. The lowest BCUT2D eigenvalue weighted by Gasteiger charge is -2.03. The fourth-order valence-corrected chi connectivity index (χ4v) is 2.65. The molecule has 1 aromatic carbocycles. The minimum absolute atomic E-state index is 0.442. The first-order valence-corrected chi connectivity index (χ1v) is 7.45. The average molecular weight is 315 g/mol. The van der Waals surface area contributed by atoms with E-state index >= 15 is 0 Å². The Morgan fingerprint density at radius 3 is 2.68 bits per heavy atom. The molecule has 3 rings (SSSR count). The normalized spacial score (nSPS) is 11.0. The quantitative estimate of drug-likeness (QED) is 0.784. The highest BCUT2D eigenvalue weighted by Gasteiger charge is 2.17. The van der Waals surface area contributed by atoms with Crippen molar-refractivity contribution in [1.29, 1.82) is 0 Å². The number of rotatable bonds is 4. The topological polar surface area (TPSA) is 69.1 Å². The molecule has 112 valence electrons. The number of carbonyl (C=O) groups is 1. The van der Waals surface area contributed by atoms with Gasteiger partial charge in [0, 0.05) is 29.8 Å². The van der Waals surface area contributed by atoms with Crippen LogP contribution in [0, 0.1) is 0 Å². The van der Waals surface area contributed by atoms with Crippen molar-refractivity contribution < 1.29 is 9.21 Å². The third-order valence-corrected chi connectivity index (χ3v) is 3.71. The first-order chi connectivity index (χ1) is 10.6. The first kappa shape index (κ1) is 14.6. The van der Waals surface area contributed by atoms with Crippen molar-refractivity contribution in [3.8, 4) is 11.1 Å². The van der Waals surface area contributed by atoms with Crippen molar-refractivity contribution in [3.63, 3.8) is 0 Å². The molecule has 22 heavy (non-hydrogen) atoms. The van der Waals surface area contributed by atoms with Crippen molar-refractivity contribution in [2.45, 2.75) is 19.8 Å². The Kier molecular flexibility index (Phi) is 3.86. The van der Waals surface area contributed by atoms with Gasteiger partial charge in [-0.25, -0.2) is 0 Å². The molecule has 0 unspecified atom stereocenters. The number of furan rings is 1. The molecular weight excluding hydrogens is 300 g/mol. The number of carbonyl (C=O) groups excluding carboxylic acids is 1. The summed E-state index contributed by atoms with van der Waals surface area (Å²) in [5.74, 6) is 0.432. The Morgan fingerprint density at radius 1 is 1.32 bits per heavy atom. The lowest BCUT2D eigenvalue weighted by molar-refractivity contribution is 0.100. The molecule has 3 aromatic rings. The molecule has 0 bridgehead atoms. The number of nitrogens with zero attached hydrogens (tertiary/aromatic N) is 1. The maximum Gasteiger partial charge on any atom is 0.248 e. The second-order valence-electron chi connectivity index (χ2n) is 5.09. The highest BCUT2D eigenvalue weighted by Crippen LogP contribution is 2.35. The summed E-state index contributed by atoms with van der Waals surface area (Å²) in [7, 11) is 0. The predicted molar refractivity (Wildman–Crippen MR) is 87.0 cm³/mol. The van der Waals surface area contributed by atoms with Gasteiger partial charge >= 0.3 is 0 Å². The number of primary amides is 1. The molecule has 0 saturated heterocycles. The van der Waals surface area contributed by atoms with Gasteiger partial charge in [-0.3, -0.25) is 9.78 Å². The van der Waals surface area contributed by atoms with Gasteiger partial charge in [-0.1, -0.05) is 30.7 Å². The van der Waals surface area contributed by atoms with Gasteiger partial charge < -0.3 is 10.2 Å². The highest BCUT2D eigenvalue weighted by molar-refractivity contribution is 6.31. The molecule has 0 saturated carbocycles. The van der Waals surface area contributed by atoms with Gasteiger partial charge in [-0.05, 0) is 24.1 Å². The van der Waals surface area contributed by atoms with Crippen LogP contribution in [0.3, 0.4) is 0 Å². The molecule has 2 aromatic heterocycles. The molecule has 0 fully saturated rings. The summed E-state index contributed by atoms with van der Waals surface area (Å²) in [5, 5.41) is 0.542. The van der Waals surface area contributed by atoms with E-state index in [1.807, 2.05) is 12.1 Å². The summed E-state index contributed by atoms with van der Waals surface area (Å²) in [6.07, 6.45) is 3.37. The second kappa shape index (κ2) is 5.81. The molecule has 1 amide bonds. The SMILES string of the molecule is CCCc1oc2cc(Cl)cnc2c1-c1ccc(C(N)=O)cc1. The molecule has 2 heterocycles. The van der Waals surface area contributed by atoms with Gasteiger partial charge in [0.15, 0.2) is 5.58 Å². The molecular formula is C17H15ClN2O2. The van der Waals surface area contributed by atoms with E-state index < -0.39 is 5.91 Å². The van der Waals surface area contributed by atoms with E-state index in [1.165, 1.54) is 0 Å². The van der Waals surface area contributed by atoms with E-state index in [0.717, 1.165) is 35.2 Å². The Labute approximate surface area is 132 Å². The van der Waals surface area contributed by atoms with Gasteiger partial charge in [0.05, 0.1) is 5.02 Å². The van der Waals surface area contributed by atoms with Gasteiger partial charge in [0.2, 0.25) is 5.91 Å². The summed E-state index contributed by atoms with van der Waals surface area (Å²) in [6.45, 7) is 2.09. The van der Waals surface area contributed by atoms with Crippen molar-refractivity contribution in [2.75, 3.05) is 0 Å². The van der Waals surface area contributed by atoms with Crippen molar-refractivity contribution >= 4 is 28.6 Å². The first-order valence-electron chi connectivity index (χ1n) is 7.07. The van der Waals surface area contributed by atoms with E-state index in [0.29, 0.717) is 16.2 Å². The number of hydrogen-bond donors (Lipinski definition) is 1. The summed E-state index contributed by atoms with van der Waals surface area (Å²) in [4.78, 5) is 15.6. The second-order valence-corrected chi connectivity index (χ2v) is 5.53. The molecule has 0 radical (unpaired) electrons. The van der Waals surface area contributed by atoms with Crippen LogP contribution in [0.15, 0.2) is 40.9 Å². The third kappa shape index (κ3) is 2.57. The molecule has 0 atom stereocenters. The maximum atomic E-state index is 11.2.